The zero-order valence-electron chi connectivity index (χ0n) is 10.6. The molecule has 0 saturated heterocycles. The lowest BCUT2D eigenvalue weighted by atomic mass is 10.3. The van der Waals surface area contributed by atoms with Crippen molar-refractivity contribution < 1.29 is 4.79 Å². The predicted octanol–water partition coefficient (Wildman–Crippen LogP) is 0.949. The summed E-state index contributed by atoms with van der Waals surface area (Å²) in [6.45, 7) is 2.13. The monoisotopic (exact) mass is 254 g/mol. The van der Waals surface area contributed by atoms with Crippen LogP contribution in [0.2, 0.25) is 0 Å². The van der Waals surface area contributed by atoms with E-state index in [0.29, 0.717) is 13.0 Å². The van der Waals surface area contributed by atoms with Crippen LogP contribution in [0.4, 0.5) is 0 Å². The molecule has 0 unspecified atom stereocenters. The number of hydrogen-bond donors (Lipinski definition) is 1. The number of benzene rings is 1. The van der Waals surface area contributed by atoms with Gasteiger partial charge in [0.25, 0.3) is 5.91 Å². The Bertz CT molecular complexity index is 607. The summed E-state index contributed by atoms with van der Waals surface area (Å²) in [7, 11) is 0. The fraction of sp³-hybridized carbons (Fsp3) is 0.214. The third-order valence-corrected chi connectivity index (χ3v) is 2.43. The highest BCUT2D eigenvalue weighted by molar-refractivity contribution is 5.93. The van der Waals surface area contributed by atoms with Crippen molar-refractivity contribution in [3.8, 4) is 17.5 Å². The Balaban J connectivity index is 1.91. The van der Waals surface area contributed by atoms with E-state index in [0.717, 1.165) is 11.4 Å². The average Bonchev–Trinajstić information content (AvgIpc) is 2.89. The molecule has 96 valence electrons. The van der Waals surface area contributed by atoms with Gasteiger partial charge in [0, 0.05) is 13.0 Å². The number of para-hydroxylation sites is 1. The molecule has 2 aromatic rings. The summed E-state index contributed by atoms with van der Waals surface area (Å²) in [5.41, 5.74) is 1.74. The number of carbonyl (C=O) groups excluding carboxylic acids is 1. The van der Waals surface area contributed by atoms with Crippen LogP contribution in [-0.2, 0) is 11.2 Å². The first-order valence-corrected chi connectivity index (χ1v) is 5.97. The van der Waals surface area contributed by atoms with Crippen molar-refractivity contribution in [1.29, 1.82) is 0 Å². The molecule has 0 aliphatic rings. The lowest BCUT2D eigenvalue weighted by Gasteiger charge is -1.99. The minimum atomic E-state index is -0.266. The highest BCUT2D eigenvalue weighted by atomic mass is 16.1. The normalized spacial score (nSPS) is 9.53. The second-order valence-electron chi connectivity index (χ2n) is 3.84. The van der Waals surface area contributed by atoms with Gasteiger partial charge in [-0.25, -0.2) is 0 Å². The Morgan fingerprint density at radius 3 is 2.89 bits per heavy atom. The lowest BCUT2D eigenvalue weighted by molar-refractivity contribution is -0.115. The van der Waals surface area contributed by atoms with Crippen molar-refractivity contribution in [3.63, 3.8) is 0 Å². The maximum absolute atomic E-state index is 11.1. The van der Waals surface area contributed by atoms with Gasteiger partial charge in [-0.1, -0.05) is 24.1 Å². The molecule has 1 N–H and O–H groups in total. The lowest BCUT2D eigenvalue weighted by Crippen LogP contribution is -2.24. The van der Waals surface area contributed by atoms with Gasteiger partial charge in [0.2, 0.25) is 0 Å². The van der Waals surface area contributed by atoms with E-state index in [1.165, 1.54) is 0 Å². The second kappa shape index (κ2) is 6.36. The first-order chi connectivity index (χ1) is 9.29. The topological polar surface area (TPSA) is 59.8 Å². The molecule has 0 aliphatic heterocycles. The highest BCUT2D eigenvalue weighted by Gasteiger charge is 2.03. The highest BCUT2D eigenvalue weighted by Crippen LogP contribution is 2.04. The standard InChI is InChI=1S/C14H14N4O/c1-2-6-14(19)15-10-9-12-11-16-18(17-12)13-7-4-3-5-8-13/h3-5,7-8,11H,9-10H2,1H3,(H,15,19). The van der Waals surface area contributed by atoms with Crippen molar-refractivity contribution >= 4 is 5.91 Å². The van der Waals surface area contributed by atoms with Crippen LogP contribution in [0, 0.1) is 11.8 Å². The van der Waals surface area contributed by atoms with Gasteiger partial charge < -0.3 is 5.32 Å². The predicted molar refractivity (Wildman–Crippen MR) is 71.5 cm³/mol. The zero-order chi connectivity index (χ0) is 13.5. The van der Waals surface area contributed by atoms with Gasteiger partial charge in [-0.2, -0.15) is 15.0 Å². The molecule has 0 bridgehead atoms. The molecule has 1 aromatic carbocycles. The first-order valence-electron chi connectivity index (χ1n) is 5.97. The molecule has 1 amide bonds. The van der Waals surface area contributed by atoms with Gasteiger partial charge >= 0.3 is 0 Å². The van der Waals surface area contributed by atoms with Crippen LogP contribution in [0.1, 0.15) is 12.6 Å². The SMILES string of the molecule is CC#CC(=O)NCCc1cnn(-c2ccccc2)n1. The molecule has 1 heterocycles. The van der Waals surface area contributed by atoms with Gasteiger partial charge in [0.15, 0.2) is 0 Å². The molecule has 0 fully saturated rings. The molecule has 0 saturated carbocycles. The molecule has 0 spiro atoms. The number of hydrogen-bond acceptors (Lipinski definition) is 3. The summed E-state index contributed by atoms with van der Waals surface area (Å²) in [6.07, 6.45) is 2.33. The smallest absolute Gasteiger partial charge is 0.295 e. The van der Waals surface area contributed by atoms with E-state index in [-0.39, 0.29) is 5.91 Å². The third-order valence-electron chi connectivity index (χ3n) is 2.43. The molecule has 5 heteroatoms. The first kappa shape index (κ1) is 12.8. The number of aromatic nitrogens is 3. The summed E-state index contributed by atoms with van der Waals surface area (Å²) in [6, 6.07) is 9.67. The summed E-state index contributed by atoms with van der Waals surface area (Å²) in [5, 5.41) is 11.2. The average molecular weight is 254 g/mol. The van der Waals surface area contributed by atoms with E-state index in [9.17, 15) is 4.79 Å². The van der Waals surface area contributed by atoms with E-state index in [2.05, 4.69) is 27.4 Å². The van der Waals surface area contributed by atoms with Gasteiger partial charge in [-0.15, -0.1) is 0 Å². The molecule has 5 nitrogen and oxygen atoms in total. The van der Waals surface area contributed by atoms with E-state index in [1.54, 1.807) is 17.9 Å². The van der Waals surface area contributed by atoms with Crippen molar-refractivity contribution in [1.82, 2.24) is 20.3 Å². The maximum atomic E-state index is 11.1. The molecule has 2 rings (SSSR count). The van der Waals surface area contributed by atoms with Crippen molar-refractivity contribution in [2.45, 2.75) is 13.3 Å². The van der Waals surface area contributed by atoms with Crippen LogP contribution in [0.5, 0.6) is 0 Å². The summed E-state index contributed by atoms with van der Waals surface area (Å²) < 4.78 is 0. The third kappa shape index (κ3) is 3.68. The molecule has 1 aromatic heterocycles. The largest absolute Gasteiger partial charge is 0.345 e. The Labute approximate surface area is 111 Å². The van der Waals surface area contributed by atoms with E-state index in [1.807, 2.05) is 30.3 Å². The van der Waals surface area contributed by atoms with Crippen LogP contribution in [0.3, 0.4) is 0 Å². The number of carbonyl (C=O) groups is 1. The Morgan fingerprint density at radius 2 is 2.16 bits per heavy atom. The van der Waals surface area contributed by atoms with Gasteiger partial charge in [-0.3, -0.25) is 4.79 Å². The van der Waals surface area contributed by atoms with Crippen LogP contribution >= 0.6 is 0 Å². The van der Waals surface area contributed by atoms with Crippen LogP contribution in [-0.4, -0.2) is 27.4 Å². The van der Waals surface area contributed by atoms with Crippen LogP contribution in [0.25, 0.3) is 5.69 Å². The van der Waals surface area contributed by atoms with Gasteiger partial charge in [0.1, 0.15) is 0 Å². The fourth-order valence-corrected chi connectivity index (χ4v) is 1.56. The minimum absolute atomic E-state index is 0.266. The summed E-state index contributed by atoms with van der Waals surface area (Å²) in [4.78, 5) is 12.7. The van der Waals surface area contributed by atoms with Crippen LogP contribution in [0.15, 0.2) is 36.5 Å². The molecule has 0 radical (unpaired) electrons. The molecule has 19 heavy (non-hydrogen) atoms. The van der Waals surface area contributed by atoms with Crippen molar-refractivity contribution in [2.24, 2.45) is 0 Å². The number of rotatable bonds is 4. The van der Waals surface area contributed by atoms with Crippen LogP contribution < -0.4 is 5.32 Å². The zero-order valence-corrected chi connectivity index (χ0v) is 10.6. The summed E-state index contributed by atoms with van der Waals surface area (Å²) in [5.74, 6) is 4.70. The fourth-order valence-electron chi connectivity index (χ4n) is 1.56. The Kier molecular flexibility index (Phi) is 4.29. The molecule has 0 atom stereocenters. The minimum Gasteiger partial charge on any atom is -0.345 e. The van der Waals surface area contributed by atoms with Gasteiger partial charge in [0.05, 0.1) is 17.6 Å². The van der Waals surface area contributed by atoms with E-state index in [4.69, 9.17) is 0 Å². The molecule has 0 aliphatic carbocycles. The number of nitrogens with one attached hydrogen (secondary N) is 1. The second-order valence-corrected chi connectivity index (χ2v) is 3.84. The molecular weight excluding hydrogens is 240 g/mol. The number of nitrogens with zero attached hydrogens (tertiary/aromatic N) is 3. The van der Waals surface area contributed by atoms with Crippen molar-refractivity contribution in [2.75, 3.05) is 6.54 Å². The Morgan fingerprint density at radius 1 is 1.37 bits per heavy atom. The summed E-state index contributed by atoms with van der Waals surface area (Å²) >= 11 is 0. The van der Waals surface area contributed by atoms with E-state index < -0.39 is 0 Å². The van der Waals surface area contributed by atoms with E-state index >= 15 is 0 Å². The maximum Gasteiger partial charge on any atom is 0.295 e. The van der Waals surface area contributed by atoms with Gasteiger partial charge in [-0.05, 0) is 25.0 Å². The molecular formula is C14H14N4O. The quantitative estimate of drug-likeness (QED) is 0.826. The van der Waals surface area contributed by atoms with Crippen molar-refractivity contribution in [3.05, 3.63) is 42.2 Å². The number of amides is 1. The Hall–Kier alpha value is -2.61.